The Kier molecular flexibility index (Phi) is 1.94. The lowest BCUT2D eigenvalue weighted by Gasteiger charge is -2.22. The summed E-state index contributed by atoms with van der Waals surface area (Å²) in [5.41, 5.74) is 0.766. The van der Waals surface area contributed by atoms with Gasteiger partial charge in [0.25, 0.3) is 0 Å². The lowest BCUT2D eigenvalue weighted by Crippen LogP contribution is -2.18. The van der Waals surface area contributed by atoms with E-state index in [2.05, 4.69) is 16.5 Å². The van der Waals surface area contributed by atoms with Crippen LogP contribution in [0.25, 0.3) is 0 Å². The summed E-state index contributed by atoms with van der Waals surface area (Å²) in [5, 5.41) is 0. The third-order valence-corrected chi connectivity index (χ3v) is 2.70. The third-order valence-electron chi connectivity index (χ3n) is 2.70. The van der Waals surface area contributed by atoms with Crippen LogP contribution < -0.4 is 0 Å². The van der Waals surface area contributed by atoms with Crippen LogP contribution in [0.1, 0.15) is 49.0 Å². The Morgan fingerprint density at radius 1 is 1.69 bits per heavy atom. The Hall–Kier alpha value is -1.12. The largest absolute Gasteiger partial charge is 0.323 e. The first-order valence-corrected chi connectivity index (χ1v) is 4.77. The summed E-state index contributed by atoms with van der Waals surface area (Å²) in [6.07, 6.45) is 5.07. The van der Waals surface area contributed by atoms with E-state index in [4.69, 9.17) is 0 Å². The second-order valence-electron chi connectivity index (χ2n) is 3.73. The highest BCUT2D eigenvalue weighted by atomic mass is 16.1. The summed E-state index contributed by atoms with van der Waals surface area (Å²) in [6.45, 7) is 3.75. The molecule has 0 fully saturated rings. The summed E-state index contributed by atoms with van der Waals surface area (Å²) in [6, 6.07) is 0.435. The minimum atomic E-state index is 0.118. The summed E-state index contributed by atoms with van der Waals surface area (Å²) >= 11 is 0. The molecule has 0 bridgehead atoms. The molecule has 0 aliphatic carbocycles. The molecule has 0 aromatic carbocycles. The summed E-state index contributed by atoms with van der Waals surface area (Å²) in [7, 11) is 0. The fraction of sp³-hybridized carbons (Fsp3) is 0.600. The van der Waals surface area contributed by atoms with Crippen molar-refractivity contribution in [2.24, 2.45) is 0 Å². The number of hydrogen-bond acceptors (Lipinski definition) is 2. The average Bonchev–Trinajstić information content (AvgIpc) is 2.49. The molecule has 0 radical (unpaired) electrons. The van der Waals surface area contributed by atoms with E-state index < -0.39 is 0 Å². The fourth-order valence-corrected chi connectivity index (χ4v) is 2.02. The minimum absolute atomic E-state index is 0.118. The van der Waals surface area contributed by atoms with Crippen LogP contribution >= 0.6 is 0 Å². The lowest BCUT2D eigenvalue weighted by atomic mass is 10.1. The zero-order valence-electron chi connectivity index (χ0n) is 8.08. The number of aryl methyl sites for hydroxylation is 1. The average molecular weight is 178 g/mol. The van der Waals surface area contributed by atoms with Gasteiger partial charge in [-0.1, -0.05) is 0 Å². The van der Waals surface area contributed by atoms with Crippen LogP contribution in [0.2, 0.25) is 0 Å². The highest BCUT2D eigenvalue weighted by Crippen LogP contribution is 2.25. The van der Waals surface area contributed by atoms with E-state index >= 15 is 0 Å². The van der Waals surface area contributed by atoms with Gasteiger partial charge in [-0.2, -0.15) is 0 Å². The van der Waals surface area contributed by atoms with Gasteiger partial charge in [0.1, 0.15) is 11.5 Å². The maximum atomic E-state index is 11.3. The zero-order valence-corrected chi connectivity index (χ0v) is 8.08. The number of fused-ring (bicyclic) bond motifs is 1. The fourth-order valence-electron chi connectivity index (χ4n) is 2.02. The number of aromatic nitrogens is 2. The summed E-state index contributed by atoms with van der Waals surface area (Å²) < 4.78 is 2.09. The van der Waals surface area contributed by atoms with Crippen molar-refractivity contribution in [1.29, 1.82) is 0 Å². The van der Waals surface area contributed by atoms with E-state index in [0.29, 0.717) is 6.04 Å². The van der Waals surface area contributed by atoms with Gasteiger partial charge in [0.05, 0.1) is 6.20 Å². The Morgan fingerprint density at radius 2 is 2.46 bits per heavy atom. The molecule has 1 unspecified atom stereocenters. The van der Waals surface area contributed by atoms with Crippen LogP contribution in [0, 0.1) is 0 Å². The third kappa shape index (κ3) is 1.28. The van der Waals surface area contributed by atoms with Crippen molar-refractivity contribution in [1.82, 2.24) is 9.55 Å². The molecule has 70 valence electrons. The van der Waals surface area contributed by atoms with Gasteiger partial charge in [-0.25, -0.2) is 4.98 Å². The molecular weight excluding hydrogens is 164 g/mol. The van der Waals surface area contributed by atoms with Crippen molar-refractivity contribution in [2.75, 3.05) is 0 Å². The number of rotatable bonds is 1. The molecule has 2 rings (SSSR count). The number of carbonyl (C=O) groups excluding carboxylic acids is 1. The Morgan fingerprint density at radius 3 is 3.15 bits per heavy atom. The van der Waals surface area contributed by atoms with Crippen molar-refractivity contribution >= 4 is 5.78 Å². The minimum Gasteiger partial charge on any atom is -0.323 e. The highest BCUT2D eigenvalue weighted by Gasteiger charge is 2.21. The Balaban J connectivity index is 2.50. The van der Waals surface area contributed by atoms with Crippen LogP contribution in [0.15, 0.2) is 6.20 Å². The van der Waals surface area contributed by atoms with E-state index in [-0.39, 0.29) is 5.78 Å². The van der Waals surface area contributed by atoms with Crippen LogP contribution in [0.5, 0.6) is 0 Å². The molecule has 2 heterocycles. The van der Waals surface area contributed by atoms with Gasteiger partial charge >= 0.3 is 0 Å². The molecule has 3 heteroatoms. The molecule has 1 aliphatic rings. The monoisotopic (exact) mass is 178 g/mol. The maximum absolute atomic E-state index is 11.3. The van der Waals surface area contributed by atoms with Gasteiger partial charge in [0.2, 0.25) is 0 Å². The second-order valence-corrected chi connectivity index (χ2v) is 3.73. The molecule has 0 saturated carbocycles. The van der Waals surface area contributed by atoms with E-state index in [0.717, 1.165) is 24.4 Å². The second kappa shape index (κ2) is 2.98. The first-order valence-electron chi connectivity index (χ1n) is 4.77. The molecule has 0 spiro atoms. The number of imidazole rings is 1. The quantitative estimate of drug-likeness (QED) is 0.616. The van der Waals surface area contributed by atoms with Gasteiger partial charge in [-0.05, 0) is 19.8 Å². The SMILES string of the molecule is CC(=O)c1cnc2n1C(C)CCC2. The van der Waals surface area contributed by atoms with Gasteiger partial charge in [-0.3, -0.25) is 4.79 Å². The van der Waals surface area contributed by atoms with Gasteiger partial charge in [0, 0.05) is 19.4 Å². The molecule has 13 heavy (non-hydrogen) atoms. The van der Waals surface area contributed by atoms with Crippen molar-refractivity contribution in [3.8, 4) is 0 Å². The number of nitrogens with zero attached hydrogens (tertiary/aromatic N) is 2. The standard InChI is InChI=1S/C10H14N2O/c1-7-4-3-5-10-11-6-9(8(2)13)12(7)10/h6-7H,3-5H2,1-2H3. The van der Waals surface area contributed by atoms with E-state index in [1.807, 2.05) is 0 Å². The van der Waals surface area contributed by atoms with Crippen molar-refractivity contribution in [3.63, 3.8) is 0 Å². The van der Waals surface area contributed by atoms with Crippen molar-refractivity contribution in [2.45, 2.75) is 39.2 Å². The van der Waals surface area contributed by atoms with Crippen LogP contribution in [-0.4, -0.2) is 15.3 Å². The van der Waals surface area contributed by atoms with Crippen molar-refractivity contribution < 1.29 is 4.79 Å². The van der Waals surface area contributed by atoms with E-state index in [1.165, 1.54) is 6.42 Å². The molecule has 1 aromatic heterocycles. The van der Waals surface area contributed by atoms with Crippen LogP contribution in [-0.2, 0) is 6.42 Å². The molecule has 3 nitrogen and oxygen atoms in total. The first kappa shape index (κ1) is 8.48. The van der Waals surface area contributed by atoms with Crippen LogP contribution in [0.3, 0.4) is 0 Å². The van der Waals surface area contributed by atoms with Crippen molar-refractivity contribution in [3.05, 3.63) is 17.7 Å². The number of carbonyl (C=O) groups is 1. The van der Waals surface area contributed by atoms with Gasteiger partial charge in [0.15, 0.2) is 5.78 Å². The molecule has 1 atom stereocenters. The first-order chi connectivity index (χ1) is 6.20. The van der Waals surface area contributed by atoms with E-state index in [9.17, 15) is 4.79 Å². The normalized spacial score (nSPS) is 21.2. The predicted octanol–water partition coefficient (Wildman–Crippen LogP) is 1.98. The van der Waals surface area contributed by atoms with Crippen LogP contribution in [0.4, 0.5) is 0 Å². The highest BCUT2D eigenvalue weighted by molar-refractivity contribution is 5.92. The Labute approximate surface area is 77.8 Å². The van der Waals surface area contributed by atoms with Gasteiger partial charge < -0.3 is 4.57 Å². The topological polar surface area (TPSA) is 34.9 Å². The lowest BCUT2D eigenvalue weighted by molar-refractivity contribution is 0.100. The summed E-state index contributed by atoms with van der Waals surface area (Å²) in [5.74, 6) is 1.19. The molecule has 1 aliphatic heterocycles. The molecular formula is C10H14N2O. The number of ketones is 1. The molecule has 0 N–H and O–H groups in total. The summed E-state index contributed by atoms with van der Waals surface area (Å²) in [4.78, 5) is 15.5. The number of hydrogen-bond donors (Lipinski definition) is 0. The molecule has 1 aromatic rings. The molecule has 0 saturated heterocycles. The number of Topliss-reactive ketones (excluding diaryl/α,β-unsaturated/α-hetero) is 1. The van der Waals surface area contributed by atoms with E-state index in [1.54, 1.807) is 13.1 Å². The maximum Gasteiger partial charge on any atom is 0.177 e. The zero-order chi connectivity index (χ0) is 9.42. The Bertz CT molecular complexity index is 341. The molecule has 0 amide bonds. The van der Waals surface area contributed by atoms with Gasteiger partial charge in [-0.15, -0.1) is 0 Å². The smallest absolute Gasteiger partial charge is 0.177 e. The predicted molar refractivity (Wildman–Crippen MR) is 49.9 cm³/mol.